The van der Waals surface area contributed by atoms with Crippen LogP contribution in [-0.4, -0.2) is 22.9 Å². The molecule has 28 heavy (non-hydrogen) atoms. The van der Waals surface area contributed by atoms with E-state index in [2.05, 4.69) is 92.9 Å². The molecule has 1 aromatic heterocycles. The second-order valence-corrected chi connectivity index (χ2v) is 8.86. The third-order valence-corrected chi connectivity index (χ3v) is 6.57. The van der Waals surface area contributed by atoms with Crippen LogP contribution >= 0.6 is 0 Å². The van der Waals surface area contributed by atoms with Crippen LogP contribution in [0.25, 0.3) is 22.7 Å². The molecule has 4 heteroatoms. The lowest BCUT2D eigenvalue weighted by molar-refractivity contribution is 0.00578. The van der Waals surface area contributed by atoms with Gasteiger partial charge < -0.3 is 13.9 Å². The summed E-state index contributed by atoms with van der Waals surface area (Å²) in [6.45, 7) is 8.46. The first-order chi connectivity index (χ1) is 13.4. The van der Waals surface area contributed by atoms with Gasteiger partial charge in [-0.25, -0.2) is 0 Å². The van der Waals surface area contributed by atoms with Gasteiger partial charge in [0.2, 0.25) is 0 Å². The Labute approximate surface area is 167 Å². The molecule has 2 aromatic carbocycles. The van der Waals surface area contributed by atoms with Crippen LogP contribution in [0, 0.1) is 0 Å². The van der Waals surface area contributed by atoms with Crippen molar-refractivity contribution in [1.29, 1.82) is 0 Å². The smallest absolute Gasteiger partial charge is 0.400 e. The monoisotopic (exact) mass is 371 g/mol. The van der Waals surface area contributed by atoms with Crippen molar-refractivity contribution in [3.05, 3.63) is 71.3 Å². The molecule has 0 amide bonds. The number of aromatic nitrogens is 1. The molecule has 1 fully saturated rings. The molecule has 2 heterocycles. The van der Waals surface area contributed by atoms with Crippen molar-refractivity contribution >= 4 is 24.1 Å². The molecule has 5 rings (SSSR count). The van der Waals surface area contributed by atoms with Crippen LogP contribution in [-0.2, 0) is 15.7 Å². The molecule has 0 bridgehead atoms. The van der Waals surface area contributed by atoms with E-state index in [-0.39, 0.29) is 18.3 Å². The maximum absolute atomic E-state index is 6.32. The average Bonchev–Trinajstić information content (AvgIpc) is 3.12. The highest BCUT2D eigenvalue weighted by atomic mass is 16.7. The highest BCUT2D eigenvalue weighted by molar-refractivity contribution is 6.55. The standard InChI is InChI=1S/C24H26BNO2/c1-23(2)24(3,4)28-25(27-23)17-14-15-22-20(16-17)19-12-8-9-13-21(19)26(22)18-10-6-5-7-11-18/h5-13,16H,14-15H2,1-4H3. The van der Waals surface area contributed by atoms with E-state index >= 15 is 0 Å². The number of para-hydroxylation sites is 2. The second-order valence-electron chi connectivity index (χ2n) is 8.86. The van der Waals surface area contributed by atoms with Crippen molar-refractivity contribution in [3.8, 4) is 5.69 Å². The van der Waals surface area contributed by atoms with E-state index in [1.54, 1.807) is 0 Å². The van der Waals surface area contributed by atoms with Crippen LogP contribution < -0.4 is 0 Å². The fraction of sp³-hybridized carbons (Fsp3) is 0.333. The number of allylic oxidation sites excluding steroid dienone is 1. The van der Waals surface area contributed by atoms with E-state index in [0.717, 1.165) is 12.8 Å². The summed E-state index contributed by atoms with van der Waals surface area (Å²) in [5, 5.41) is 1.29. The minimum Gasteiger partial charge on any atom is -0.400 e. The minimum atomic E-state index is -0.309. The van der Waals surface area contributed by atoms with Crippen molar-refractivity contribution in [2.45, 2.75) is 51.7 Å². The maximum atomic E-state index is 6.32. The second kappa shape index (κ2) is 6.10. The maximum Gasteiger partial charge on any atom is 0.490 e. The zero-order chi connectivity index (χ0) is 19.5. The van der Waals surface area contributed by atoms with E-state index in [1.165, 1.54) is 33.3 Å². The average molecular weight is 371 g/mol. The minimum absolute atomic E-state index is 0.267. The summed E-state index contributed by atoms with van der Waals surface area (Å²) in [6, 6.07) is 19.3. The first kappa shape index (κ1) is 17.8. The topological polar surface area (TPSA) is 23.4 Å². The van der Waals surface area contributed by atoms with Gasteiger partial charge in [0.25, 0.3) is 0 Å². The molecule has 0 spiro atoms. The molecule has 0 atom stereocenters. The quantitative estimate of drug-likeness (QED) is 0.548. The summed E-state index contributed by atoms with van der Waals surface area (Å²) in [6.07, 6.45) is 4.24. The molecule has 3 aromatic rings. The Morgan fingerprint density at radius 3 is 2.18 bits per heavy atom. The Bertz CT molecular complexity index is 1060. The van der Waals surface area contributed by atoms with Crippen molar-refractivity contribution in [3.63, 3.8) is 0 Å². The van der Waals surface area contributed by atoms with Crippen LogP contribution in [0.2, 0.25) is 0 Å². The van der Waals surface area contributed by atoms with Gasteiger partial charge in [-0.1, -0.05) is 42.5 Å². The van der Waals surface area contributed by atoms with Gasteiger partial charge in [-0.15, -0.1) is 0 Å². The fourth-order valence-corrected chi connectivity index (χ4v) is 4.30. The number of nitrogens with zero attached hydrogens (tertiary/aromatic N) is 1. The van der Waals surface area contributed by atoms with E-state index in [4.69, 9.17) is 9.31 Å². The van der Waals surface area contributed by atoms with E-state index in [9.17, 15) is 0 Å². The Kier molecular flexibility index (Phi) is 3.87. The molecule has 0 unspecified atom stereocenters. The van der Waals surface area contributed by atoms with Crippen molar-refractivity contribution in [2.24, 2.45) is 0 Å². The Morgan fingerprint density at radius 1 is 0.821 bits per heavy atom. The van der Waals surface area contributed by atoms with Gasteiger partial charge in [-0.05, 0) is 64.2 Å². The van der Waals surface area contributed by atoms with Gasteiger partial charge in [0, 0.05) is 22.3 Å². The third kappa shape index (κ3) is 2.59. The number of rotatable bonds is 2. The molecule has 1 aliphatic carbocycles. The molecule has 1 saturated heterocycles. The Morgan fingerprint density at radius 2 is 1.46 bits per heavy atom. The first-order valence-electron chi connectivity index (χ1n) is 10.1. The van der Waals surface area contributed by atoms with Gasteiger partial charge in [0.1, 0.15) is 0 Å². The summed E-state index contributed by atoms with van der Waals surface area (Å²) in [5.74, 6) is 0. The van der Waals surface area contributed by atoms with E-state index in [0.29, 0.717) is 0 Å². The predicted molar refractivity (Wildman–Crippen MR) is 116 cm³/mol. The van der Waals surface area contributed by atoms with Gasteiger partial charge in [0.15, 0.2) is 0 Å². The number of fused-ring (bicyclic) bond motifs is 3. The molecule has 1 aliphatic heterocycles. The van der Waals surface area contributed by atoms with Crippen LogP contribution in [0.3, 0.4) is 0 Å². The van der Waals surface area contributed by atoms with Gasteiger partial charge >= 0.3 is 7.12 Å². The largest absolute Gasteiger partial charge is 0.490 e. The molecule has 0 saturated carbocycles. The molecule has 0 N–H and O–H groups in total. The van der Waals surface area contributed by atoms with Crippen LogP contribution in [0.4, 0.5) is 0 Å². The predicted octanol–water partition coefficient (Wildman–Crippen LogP) is 5.59. The van der Waals surface area contributed by atoms with Crippen molar-refractivity contribution in [1.82, 2.24) is 4.57 Å². The van der Waals surface area contributed by atoms with Gasteiger partial charge in [0.05, 0.1) is 16.7 Å². The number of benzene rings is 2. The molecular formula is C24H26BNO2. The summed E-state index contributed by atoms with van der Waals surface area (Å²) in [4.78, 5) is 0. The van der Waals surface area contributed by atoms with E-state index < -0.39 is 0 Å². The van der Waals surface area contributed by atoms with Gasteiger partial charge in [-0.3, -0.25) is 0 Å². The lowest BCUT2D eigenvalue weighted by atomic mass is 9.72. The van der Waals surface area contributed by atoms with Crippen LogP contribution in [0.1, 0.15) is 45.4 Å². The number of hydrogen-bond acceptors (Lipinski definition) is 2. The van der Waals surface area contributed by atoms with E-state index in [1.807, 2.05) is 0 Å². The first-order valence-corrected chi connectivity index (χ1v) is 10.1. The zero-order valence-electron chi connectivity index (χ0n) is 17.0. The normalized spacial score (nSPS) is 20.3. The SMILES string of the molecule is CC1(C)OB(C2=Cc3c(n(-c4ccccc4)c4ccccc34)CC2)OC1(C)C. The Balaban J connectivity index is 1.64. The Hall–Kier alpha value is -2.30. The highest BCUT2D eigenvalue weighted by Gasteiger charge is 2.52. The molecule has 3 nitrogen and oxygen atoms in total. The lowest BCUT2D eigenvalue weighted by Gasteiger charge is -2.32. The third-order valence-electron chi connectivity index (χ3n) is 6.57. The van der Waals surface area contributed by atoms with Gasteiger partial charge in [-0.2, -0.15) is 0 Å². The molecule has 2 aliphatic rings. The molecule has 142 valence electrons. The molecule has 0 radical (unpaired) electrons. The molecular weight excluding hydrogens is 345 g/mol. The summed E-state index contributed by atoms with van der Waals surface area (Å²) in [5.41, 5.74) is 5.76. The van der Waals surface area contributed by atoms with Crippen molar-refractivity contribution < 1.29 is 9.31 Å². The highest BCUT2D eigenvalue weighted by Crippen LogP contribution is 2.42. The zero-order valence-corrected chi connectivity index (χ0v) is 17.0. The number of hydrogen-bond donors (Lipinski definition) is 0. The lowest BCUT2D eigenvalue weighted by Crippen LogP contribution is -2.41. The van der Waals surface area contributed by atoms with Crippen molar-refractivity contribution in [2.75, 3.05) is 0 Å². The summed E-state index contributed by atoms with van der Waals surface area (Å²) in [7, 11) is -0.267. The fourth-order valence-electron chi connectivity index (χ4n) is 4.30. The summed E-state index contributed by atoms with van der Waals surface area (Å²) >= 11 is 0. The van der Waals surface area contributed by atoms with Crippen LogP contribution in [0.5, 0.6) is 0 Å². The summed E-state index contributed by atoms with van der Waals surface area (Å²) < 4.78 is 15.1. The van der Waals surface area contributed by atoms with Crippen LogP contribution in [0.15, 0.2) is 60.1 Å².